The minimum Gasteiger partial charge on any atom is -0.368 e. The smallest absolute Gasteiger partial charge is 0.280 e. The maximum atomic E-state index is 13.0. The van der Waals surface area contributed by atoms with E-state index in [4.69, 9.17) is 0 Å². The number of anilines is 2. The first-order valence-electron chi connectivity index (χ1n) is 7.97. The van der Waals surface area contributed by atoms with Crippen molar-refractivity contribution in [2.45, 2.75) is 0 Å². The van der Waals surface area contributed by atoms with Gasteiger partial charge in [-0.1, -0.05) is 6.07 Å². The molecule has 0 aliphatic carbocycles. The first-order chi connectivity index (χ1) is 12.2. The number of rotatable bonds is 3. The van der Waals surface area contributed by atoms with Crippen LogP contribution in [0.25, 0.3) is 10.6 Å². The minimum atomic E-state index is -0.235. The number of nitrogens with one attached hydrogen (secondary N) is 1. The van der Waals surface area contributed by atoms with E-state index in [-0.39, 0.29) is 11.4 Å². The molecule has 1 aromatic carbocycles. The van der Waals surface area contributed by atoms with E-state index in [0.29, 0.717) is 24.7 Å². The van der Waals surface area contributed by atoms with Crippen LogP contribution in [0.1, 0.15) is 0 Å². The number of aromatic amines is 1. The fourth-order valence-corrected chi connectivity index (χ4v) is 3.58. The van der Waals surface area contributed by atoms with Crippen molar-refractivity contribution in [1.82, 2.24) is 15.2 Å². The Balaban J connectivity index is 1.46. The summed E-state index contributed by atoms with van der Waals surface area (Å²) >= 11 is 1.46. The number of thiophene rings is 1. The molecular weight excluding hydrogens is 341 g/mol. The van der Waals surface area contributed by atoms with Crippen molar-refractivity contribution in [3.63, 3.8) is 0 Å². The molecule has 0 saturated carbocycles. The van der Waals surface area contributed by atoms with Crippen LogP contribution in [0, 0.1) is 5.82 Å². The van der Waals surface area contributed by atoms with Gasteiger partial charge in [-0.25, -0.2) is 4.39 Å². The Kier molecular flexibility index (Phi) is 4.19. The van der Waals surface area contributed by atoms with Crippen molar-refractivity contribution >= 4 is 23.0 Å². The third-order valence-corrected chi connectivity index (χ3v) is 5.09. The van der Waals surface area contributed by atoms with Gasteiger partial charge < -0.3 is 9.80 Å². The lowest BCUT2D eigenvalue weighted by Gasteiger charge is -2.36. The number of hydrogen-bond donors (Lipinski definition) is 1. The SMILES string of the molecule is O=c1[nH]c(N2CCN(c3ccc(F)cc3)CC2)nnc1-c1cccs1. The van der Waals surface area contributed by atoms with Crippen LogP contribution in [0.2, 0.25) is 0 Å². The summed E-state index contributed by atoms with van der Waals surface area (Å²) in [5.74, 6) is 0.255. The Hall–Kier alpha value is -2.74. The lowest BCUT2D eigenvalue weighted by molar-refractivity contribution is 0.621. The molecule has 0 spiro atoms. The van der Waals surface area contributed by atoms with E-state index in [0.717, 1.165) is 23.7 Å². The fraction of sp³-hybridized carbons (Fsp3) is 0.235. The molecule has 8 heteroatoms. The van der Waals surface area contributed by atoms with Gasteiger partial charge in [0.2, 0.25) is 5.95 Å². The van der Waals surface area contributed by atoms with Gasteiger partial charge >= 0.3 is 0 Å². The van der Waals surface area contributed by atoms with Gasteiger partial charge in [0.05, 0.1) is 4.88 Å². The average molecular weight is 357 g/mol. The third kappa shape index (κ3) is 3.25. The monoisotopic (exact) mass is 357 g/mol. The summed E-state index contributed by atoms with van der Waals surface area (Å²) in [4.78, 5) is 20.1. The molecule has 0 radical (unpaired) electrons. The molecule has 0 bridgehead atoms. The van der Waals surface area contributed by atoms with E-state index in [2.05, 4.69) is 20.1 Å². The highest BCUT2D eigenvalue weighted by Gasteiger charge is 2.20. The molecule has 1 aliphatic heterocycles. The molecule has 1 aliphatic rings. The van der Waals surface area contributed by atoms with E-state index in [9.17, 15) is 9.18 Å². The predicted octanol–water partition coefficient (Wildman–Crippen LogP) is 2.36. The van der Waals surface area contributed by atoms with Gasteiger partial charge in [0, 0.05) is 31.9 Å². The summed E-state index contributed by atoms with van der Waals surface area (Å²) in [5, 5.41) is 10.2. The third-order valence-electron chi connectivity index (χ3n) is 4.21. The Morgan fingerprint density at radius 1 is 1.00 bits per heavy atom. The summed E-state index contributed by atoms with van der Waals surface area (Å²) in [5.41, 5.74) is 1.12. The van der Waals surface area contributed by atoms with Crippen LogP contribution < -0.4 is 15.4 Å². The summed E-state index contributed by atoms with van der Waals surface area (Å²) in [6.45, 7) is 2.95. The van der Waals surface area contributed by atoms with Crippen molar-refractivity contribution in [3.05, 3.63) is 57.9 Å². The number of halogens is 1. The van der Waals surface area contributed by atoms with Crippen LogP contribution in [0.15, 0.2) is 46.6 Å². The van der Waals surface area contributed by atoms with Crippen LogP contribution in [0.5, 0.6) is 0 Å². The first kappa shape index (κ1) is 15.8. The Morgan fingerprint density at radius 2 is 1.72 bits per heavy atom. The topological polar surface area (TPSA) is 65.1 Å². The molecule has 128 valence electrons. The Bertz CT molecular complexity index is 902. The van der Waals surface area contributed by atoms with Crippen LogP contribution in [0.4, 0.5) is 16.0 Å². The maximum absolute atomic E-state index is 13.0. The molecule has 25 heavy (non-hydrogen) atoms. The second kappa shape index (κ2) is 6.64. The lowest BCUT2D eigenvalue weighted by Crippen LogP contribution is -2.47. The number of aromatic nitrogens is 3. The van der Waals surface area contributed by atoms with Gasteiger partial charge in [-0.2, -0.15) is 0 Å². The molecular formula is C17H16FN5OS. The van der Waals surface area contributed by atoms with Crippen LogP contribution in [-0.4, -0.2) is 41.4 Å². The molecule has 2 aromatic heterocycles. The van der Waals surface area contributed by atoms with E-state index in [1.54, 1.807) is 12.1 Å². The molecule has 0 unspecified atom stereocenters. The summed E-state index contributed by atoms with van der Waals surface area (Å²) in [6, 6.07) is 10.2. The average Bonchev–Trinajstić information content (AvgIpc) is 3.17. The molecule has 3 heterocycles. The van der Waals surface area contributed by atoms with E-state index in [1.807, 2.05) is 22.4 Å². The highest BCUT2D eigenvalue weighted by molar-refractivity contribution is 7.13. The molecule has 4 rings (SSSR count). The molecule has 1 fully saturated rings. The highest BCUT2D eigenvalue weighted by atomic mass is 32.1. The van der Waals surface area contributed by atoms with Gasteiger partial charge in [0.15, 0.2) is 5.69 Å². The zero-order valence-electron chi connectivity index (χ0n) is 13.4. The zero-order valence-corrected chi connectivity index (χ0v) is 14.2. The second-order valence-electron chi connectivity index (χ2n) is 5.75. The second-order valence-corrected chi connectivity index (χ2v) is 6.70. The quantitative estimate of drug-likeness (QED) is 0.780. The normalized spacial score (nSPS) is 14.8. The minimum absolute atomic E-state index is 0.228. The zero-order chi connectivity index (χ0) is 17.2. The molecule has 3 aromatic rings. The van der Waals surface area contributed by atoms with Gasteiger partial charge in [-0.3, -0.25) is 9.78 Å². The first-order valence-corrected chi connectivity index (χ1v) is 8.85. The summed E-state index contributed by atoms with van der Waals surface area (Å²) in [6.07, 6.45) is 0. The molecule has 6 nitrogen and oxygen atoms in total. The molecule has 0 atom stereocenters. The van der Waals surface area contributed by atoms with Gasteiger partial charge in [-0.15, -0.1) is 21.5 Å². The lowest BCUT2D eigenvalue weighted by atomic mass is 10.2. The van der Waals surface area contributed by atoms with Crippen molar-refractivity contribution in [2.75, 3.05) is 36.0 Å². The molecule has 0 amide bonds. The fourth-order valence-electron chi connectivity index (χ4n) is 2.87. The number of nitrogens with zero attached hydrogens (tertiary/aromatic N) is 4. The molecule has 1 saturated heterocycles. The maximum Gasteiger partial charge on any atom is 0.280 e. The molecule has 1 N–H and O–H groups in total. The standard InChI is InChI=1S/C17H16FN5OS/c18-12-3-5-13(6-4-12)22-7-9-23(10-8-22)17-19-16(24)15(20-21-17)14-2-1-11-25-14/h1-6,11H,7-10H2,(H,19,21,24). The van der Waals surface area contributed by atoms with Gasteiger partial charge in [0.1, 0.15) is 5.82 Å². The summed E-state index contributed by atoms with van der Waals surface area (Å²) < 4.78 is 13.0. The Labute approximate surface area is 147 Å². The van der Waals surface area contributed by atoms with Gasteiger partial charge in [0.25, 0.3) is 5.56 Å². The van der Waals surface area contributed by atoms with Crippen molar-refractivity contribution < 1.29 is 4.39 Å². The predicted molar refractivity (Wildman–Crippen MR) is 96.8 cm³/mol. The van der Waals surface area contributed by atoms with E-state index >= 15 is 0 Å². The van der Waals surface area contributed by atoms with Crippen LogP contribution in [-0.2, 0) is 0 Å². The van der Waals surface area contributed by atoms with Gasteiger partial charge in [-0.05, 0) is 35.7 Å². The van der Waals surface area contributed by atoms with Crippen LogP contribution >= 0.6 is 11.3 Å². The Morgan fingerprint density at radius 3 is 2.36 bits per heavy atom. The van der Waals surface area contributed by atoms with Crippen molar-refractivity contribution in [3.8, 4) is 10.6 Å². The van der Waals surface area contributed by atoms with Crippen LogP contribution in [0.3, 0.4) is 0 Å². The van der Waals surface area contributed by atoms with Crippen molar-refractivity contribution in [2.24, 2.45) is 0 Å². The summed E-state index contributed by atoms with van der Waals surface area (Å²) in [7, 11) is 0. The number of benzene rings is 1. The van der Waals surface area contributed by atoms with Crippen molar-refractivity contribution in [1.29, 1.82) is 0 Å². The number of piperazine rings is 1. The number of hydrogen-bond acceptors (Lipinski definition) is 6. The van der Waals surface area contributed by atoms with E-state index < -0.39 is 0 Å². The largest absolute Gasteiger partial charge is 0.368 e. The number of H-pyrrole nitrogens is 1. The van der Waals surface area contributed by atoms with E-state index in [1.165, 1.54) is 23.5 Å². The highest BCUT2D eigenvalue weighted by Crippen LogP contribution is 2.20.